The van der Waals surface area contributed by atoms with Gasteiger partial charge in [0, 0.05) is 38.3 Å². The van der Waals surface area contributed by atoms with Gasteiger partial charge in [-0.05, 0) is 33.6 Å². The quantitative estimate of drug-likeness (QED) is 0.688. The molecular weight excluding hydrogens is 216 g/mol. The molecule has 2 aliphatic rings. The normalized spacial score (nSPS) is 27.5. The molecule has 0 saturated carbocycles. The number of carbonyl (C=O) groups excluding carboxylic acids is 1. The zero-order valence-corrected chi connectivity index (χ0v) is 11.2. The van der Waals surface area contributed by atoms with Crippen LogP contribution in [0.1, 0.15) is 33.6 Å². The summed E-state index contributed by atoms with van der Waals surface area (Å²) in [4.78, 5) is 16.5. The van der Waals surface area contributed by atoms with Crippen LogP contribution in [-0.4, -0.2) is 60.1 Å². The number of hydrogen-bond donors (Lipinski definition) is 0. The third-order valence-electron chi connectivity index (χ3n) is 3.75. The first-order valence-electron chi connectivity index (χ1n) is 6.64. The van der Waals surface area contributed by atoms with E-state index >= 15 is 0 Å². The Morgan fingerprint density at radius 2 is 1.82 bits per heavy atom. The van der Waals surface area contributed by atoms with Gasteiger partial charge in [-0.3, -0.25) is 9.69 Å². The van der Waals surface area contributed by atoms with Gasteiger partial charge >= 0.3 is 0 Å². The molecule has 4 heteroatoms. The number of amides is 1. The van der Waals surface area contributed by atoms with E-state index in [0.29, 0.717) is 0 Å². The highest BCUT2D eigenvalue weighted by atomic mass is 16.5. The highest BCUT2D eigenvalue weighted by molar-refractivity contribution is 5.81. The first-order valence-corrected chi connectivity index (χ1v) is 6.64. The number of piperazine rings is 1. The van der Waals surface area contributed by atoms with Gasteiger partial charge in [0.2, 0.25) is 0 Å². The smallest absolute Gasteiger partial charge is 0.251 e. The summed E-state index contributed by atoms with van der Waals surface area (Å²) < 4.78 is 5.46. The lowest BCUT2D eigenvalue weighted by atomic mass is 10.0. The van der Waals surface area contributed by atoms with Crippen LogP contribution < -0.4 is 0 Å². The second kappa shape index (κ2) is 4.94. The van der Waals surface area contributed by atoms with Gasteiger partial charge < -0.3 is 9.64 Å². The molecule has 2 aliphatic heterocycles. The maximum atomic E-state index is 12.1. The number of rotatable bonds is 1. The molecule has 98 valence electrons. The minimum Gasteiger partial charge on any atom is -0.368 e. The summed E-state index contributed by atoms with van der Waals surface area (Å²) in [6.07, 6.45) is 1.77. The lowest BCUT2D eigenvalue weighted by Gasteiger charge is -2.42. The fourth-order valence-electron chi connectivity index (χ4n) is 2.57. The average molecular weight is 240 g/mol. The largest absolute Gasteiger partial charge is 0.368 e. The Kier molecular flexibility index (Phi) is 3.73. The minimum absolute atomic E-state index is 0.156. The molecule has 1 amide bonds. The molecule has 0 bridgehead atoms. The molecule has 2 heterocycles. The molecule has 2 saturated heterocycles. The van der Waals surface area contributed by atoms with Crippen LogP contribution in [0.15, 0.2) is 0 Å². The van der Waals surface area contributed by atoms with Gasteiger partial charge in [-0.15, -0.1) is 0 Å². The van der Waals surface area contributed by atoms with Crippen molar-refractivity contribution in [2.24, 2.45) is 0 Å². The maximum absolute atomic E-state index is 12.1. The molecule has 2 rings (SSSR count). The van der Waals surface area contributed by atoms with E-state index in [0.717, 1.165) is 45.6 Å². The fourth-order valence-corrected chi connectivity index (χ4v) is 2.57. The predicted octanol–water partition coefficient (Wildman–Crippen LogP) is 1.11. The predicted molar refractivity (Wildman–Crippen MR) is 66.9 cm³/mol. The van der Waals surface area contributed by atoms with Gasteiger partial charge in [-0.1, -0.05) is 0 Å². The second-order valence-electron chi connectivity index (χ2n) is 5.98. The Morgan fingerprint density at radius 1 is 1.18 bits per heavy atom. The summed E-state index contributed by atoms with van der Waals surface area (Å²) in [5.41, 5.74) is 0.207. The van der Waals surface area contributed by atoms with Gasteiger partial charge in [0.25, 0.3) is 5.91 Å². The van der Waals surface area contributed by atoms with E-state index in [1.807, 2.05) is 4.90 Å². The number of nitrogens with zero attached hydrogens (tertiary/aromatic N) is 2. The third kappa shape index (κ3) is 2.99. The van der Waals surface area contributed by atoms with E-state index in [2.05, 4.69) is 25.7 Å². The lowest BCUT2D eigenvalue weighted by molar-refractivity contribution is -0.143. The van der Waals surface area contributed by atoms with E-state index in [9.17, 15) is 4.79 Å². The minimum atomic E-state index is -0.156. The molecule has 4 nitrogen and oxygen atoms in total. The standard InChI is InChI=1S/C13H24N2O2/c1-13(2,3)15-8-6-14(7-9-15)12(16)11-5-4-10-17-11/h11H,4-10H2,1-3H3. The van der Waals surface area contributed by atoms with Crippen molar-refractivity contribution in [2.75, 3.05) is 32.8 Å². The summed E-state index contributed by atoms with van der Waals surface area (Å²) in [6.45, 7) is 11.1. The molecule has 0 spiro atoms. The molecule has 0 aromatic carbocycles. The summed E-state index contributed by atoms with van der Waals surface area (Å²) in [5.74, 6) is 0.205. The van der Waals surface area contributed by atoms with Gasteiger partial charge in [0.15, 0.2) is 0 Å². The molecular formula is C13H24N2O2. The van der Waals surface area contributed by atoms with Crippen molar-refractivity contribution in [2.45, 2.75) is 45.3 Å². The Balaban J connectivity index is 1.84. The average Bonchev–Trinajstić information content (AvgIpc) is 2.80. The SMILES string of the molecule is CC(C)(C)N1CCN(C(=O)C2CCCO2)CC1. The van der Waals surface area contributed by atoms with Crippen molar-refractivity contribution in [1.82, 2.24) is 9.80 Å². The van der Waals surface area contributed by atoms with Gasteiger partial charge in [-0.2, -0.15) is 0 Å². The Hall–Kier alpha value is -0.610. The van der Waals surface area contributed by atoms with Gasteiger partial charge in [0.05, 0.1) is 0 Å². The van der Waals surface area contributed by atoms with Crippen LogP contribution >= 0.6 is 0 Å². The van der Waals surface area contributed by atoms with Crippen molar-refractivity contribution in [3.63, 3.8) is 0 Å². The molecule has 1 unspecified atom stereocenters. The van der Waals surface area contributed by atoms with Crippen LogP contribution in [-0.2, 0) is 9.53 Å². The maximum Gasteiger partial charge on any atom is 0.251 e. The van der Waals surface area contributed by atoms with Crippen molar-refractivity contribution in [1.29, 1.82) is 0 Å². The number of ether oxygens (including phenoxy) is 1. The van der Waals surface area contributed by atoms with E-state index in [1.165, 1.54) is 0 Å². The zero-order chi connectivity index (χ0) is 12.5. The zero-order valence-electron chi connectivity index (χ0n) is 11.2. The van der Waals surface area contributed by atoms with Crippen LogP contribution in [0, 0.1) is 0 Å². The second-order valence-corrected chi connectivity index (χ2v) is 5.98. The van der Waals surface area contributed by atoms with E-state index in [-0.39, 0.29) is 17.6 Å². The number of carbonyl (C=O) groups is 1. The Morgan fingerprint density at radius 3 is 2.29 bits per heavy atom. The van der Waals surface area contributed by atoms with Crippen molar-refractivity contribution >= 4 is 5.91 Å². The van der Waals surface area contributed by atoms with Gasteiger partial charge in [0.1, 0.15) is 6.10 Å². The topological polar surface area (TPSA) is 32.8 Å². The van der Waals surface area contributed by atoms with Crippen LogP contribution in [0.5, 0.6) is 0 Å². The van der Waals surface area contributed by atoms with Crippen LogP contribution in [0.25, 0.3) is 0 Å². The highest BCUT2D eigenvalue weighted by Gasteiger charge is 2.32. The fraction of sp³-hybridized carbons (Fsp3) is 0.923. The van der Waals surface area contributed by atoms with E-state index in [1.54, 1.807) is 0 Å². The van der Waals surface area contributed by atoms with Gasteiger partial charge in [-0.25, -0.2) is 0 Å². The molecule has 0 aromatic rings. The van der Waals surface area contributed by atoms with Crippen LogP contribution in [0.3, 0.4) is 0 Å². The molecule has 2 fully saturated rings. The van der Waals surface area contributed by atoms with Crippen molar-refractivity contribution < 1.29 is 9.53 Å². The monoisotopic (exact) mass is 240 g/mol. The summed E-state index contributed by atoms with van der Waals surface area (Å²) in [7, 11) is 0. The molecule has 0 aromatic heterocycles. The first kappa shape index (κ1) is 12.8. The molecule has 17 heavy (non-hydrogen) atoms. The third-order valence-corrected chi connectivity index (χ3v) is 3.75. The first-order chi connectivity index (χ1) is 7.98. The van der Waals surface area contributed by atoms with Crippen LogP contribution in [0.4, 0.5) is 0 Å². The van der Waals surface area contributed by atoms with Crippen molar-refractivity contribution in [3.8, 4) is 0 Å². The number of hydrogen-bond acceptors (Lipinski definition) is 3. The summed E-state index contributed by atoms with van der Waals surface area (Å²) in [5, 5.41) is 0. The molecule has 0 N–H and O–H groups in total. The summed E-state index contributed by atoms with van der Waals surface area (Å²) >= 11 is 0. The Bertz CT molecular complexity index is 272. The highest BCUT2D eigenvalue weighted by Crippen LogP contribution is 2.19. The molecule has 0 radical (unpaired) electrons. The van der Waals surface area contributed by atoms with E-state index < -0.39 is 0 Å². The van der Waals surface area contributed by atoms with Crippen LogP contribution in [0.2, 0.25) is 0 Å². The van der Waals surface area contributed by atoms with Crippen molar-refractivity contribution in [3.05, 3.63) is 0 Å². The molecule has 1 atom stereocenters. The summed E-state index contributed by atoms with van der Waals surface area (Å²) in [6, 6.07) is 0. The van der Waals surface area contributed by atoms with E-state index in [4.69, 9.17) is 4.74 Å². The Labute approximate surface area is 104 Å². The molecule has 0 aliphatic carbocycles. The lowest BCUT2D eigenvalue weighted by Crippen LogP contribution is -2.56.